The zero-order valence-corrected chi connectivity index (χ0v) is 13.5. The van der Waals surface area contributed by atoms with E-state index in [0.717, 1.165) is 43.1 Å². The van der Waals surface area contributed by atoms with E-state index in [0.29, 0.717) is 11.5 Å². The van der Waals surface area contributed by atoms with Gasteiger partial charge in [0.1, 0.15) is 11.5 Å². The number of aromatic nitrogens is 2. The van der Waals surface area contributed by atoms with E-state index in [1.165, 1.54) is 6.07 Å². The summed E-state index contributed by atoms with van der Waals surface area (Å²) in [6.45, 7) is 7.98. The lowest BCUT2D eigenvalue weighted by Crippen LogP contribution is -2.26. The van der Waals surface area contributed by atoms with Crippen LogP contribution in [0.5, 0.6) is 5.88 Å². The minimum Gasteiger partial charge on any atom is -0.477 e. The van der Waals surface area contributed by atoms with Gasteiger partial charge in [0.2, 0.25) is 5.88 Å². The molecule has 0 saturated carbocycles. The highest BCUT2D eigenvalue weighted by Crippen LogP contribution is 2.39. The summed E-state index contributed by atoms with van der Waals surface area (Å²) in [5.74, 6) is 1.32. The highest BCUT2D eigenvalue weighted by Gasteiger charge is 2.29. The van der Waals surface area contributed by atoms with Crippen molar-refractivity contribution in [3.8, 4) is 17.1 Å². The van der Waals surface area contributed by atoms with Crippen molar-refractivity contribution in [2.24, 2.45) is 5.92 Å². The SMILES string of the molecule is CCCC1COc2c(C(C)C)c(-c3ccccc3F)nn2C1. The van der Waals surface area contributed by atoms with Crippen molar-refractivity contribution in [1.29, 1.82) is 0 Å². The molecule has 1 atom stereocenters. The zero-order chi connectivity index (χ0) is 15.7. The molecule has 1 aromatic heterocycles. The summed E-state index contributed by atoms with van der Waals surface area (Å²) in [7, 11) is 0. The second kappa shape index (κ2) is 6.11. The van der Waals surface area contributed by atoms with Crippen LogP contribution < -0.4 is 4.74 Å². The molecule has 118 valence electrons. The first kappa shape index (κ1) is 15.1. The van der Waals surface area contributed by atoms with Crippen LogP contribution in [0.2, 0.25) is 0 Å². The summed E-state index contributed by atoms with van der Waals surface area (Å²) in [5.41, 5.74) is 2.30. The monoisotopic (exact) mass is 302 g/mol. The topological polar surface area (TPSA) is 27.1 Å². The van der Waals surface area contributed by atoms with Gasteiger partial charge in [0.25, 0.3) is 0 Å². The fourth-order valence-corrected chi connectivity index (χ4v) is 3.19. The molecule has 0 spiro atoms. The van der Waals surface area contributed by atoms with E-state index >= 15 is 0 Å². The molecule has 0 saturated heterocycles. The van der Waals surface area contributed by atoms with E-state index < -0.39 is 0 Å². The molecule has 0 amide bonds. The fourth-order valence-electron chi connectivity index (χ4n) is 3.19. The molecule has 1 unspecified atom stereocenters. The van der Waals surface area contributed by atoms with Crippen molar-refractivity contribution in [2.45, 2.75) is 46.1 Å². The van der Waals surface area contributed by atoms with E-state index in [-0.39, 0.29) is 11.7 Å². The second-order valence-electron chi connectivity index (χ2n) is 6.35. The molecule has 0 bridgehead atoms. The van der Waals surface area contributed by atoms with Crippen LogP contribution in [-0.4, -0.2) is 16.4 Å². The number of fused-ring (bicyclic) bond motifs is 1. The molecule has 0 aliphatic carbocycles. The highest BCUT2D eigenvalue weighted by atomic mass is 19.1. The first-order chi connectivity index (χ1) is 10.6. The fraction of sp³-hybridized carbons (Fsp3) is 0.500. The van der Waals surface area contributed by atoms with Gasteiger partial charge in [-0.1, -0.05) is 39.3 Å². The molecule has 2 heterocycles. The average Bonchev–Trinajstić information content (AvgIpc) is 2.86. The van der Waals surface area contributed by atoms with Crippen molar-refractivity contribution in [3.05, 3.63) is 35.6 Å². The lowest BCUT2D eigenvalue weighted by Gasteiger charge is -2.24. The van der Waals surface area contributed by atoms with Crippen LogP contribution in [0.3, 0.4) is 0 Å². The maximum atomic E-state index is 14.2. The minimum absolute atomic E-state index is 0.232. The molecular formula is C18H23FN2O. The molecular weight excluding hydrogens is 279 g/mol. The molecule has 22 heavy (non-hydrogen) atoms. The van der Waals surface area contributed by atoms with Crippen LogP contribution in [0.15, 0.2) is 24.3 Å². The first-order valence-electron chi connectivity index (χ1n) is 8.10. The van der Waals surface area contributed by atoms with Crippen molar-refractivity contribution in [1.82, 2.24) is 9.78 Å². The van der Waals surface area contributed by atoms with Gasteiger partial charge in [-0.15, -0.1) is 0 Å². The Hall–Kier alpha value is -1.84. The third-order valence-electron chi connectivity index (χ3n) is 4.23. The zero-order valence-electron chi connectivity index (χ0n) is 13.5. The summed E-state index contributed by atoms with van der Waals surface area (Å²) in [5, 5.41) is 4.69. The molecule has 4 heteroatoms. The maximum absolute atomic E-state index is 14.2. The predicted octanol–water partition coefficient (Wildman–Crippen LogP) is 4.62. The Morgan fingerprint density at radius 2 is 2.14 bits per heavy atom. The van der Waals surface area contributed by atoms with Gasteiger partial charge in [-0.3, -0.25) is 0 Å². The Morgan fingerprint density at radius 1 is 1.36 bits per heavy atom. The molecule has 1 aliphatic heterocycles. The number of rotatable bonds is 4. The molecule has 0 fully saturated rings. The largest absolute Gasteiger partial charge is 0.477 e. The third-order valence-corrected chi connectivity index (χ3v) is 4.23. The summed E-state index contributed by atoms with van der Waals surface area (Å²) in [4.78, 5) is 0. The van der Waals surface area contributed by atoms with Gasteiger partial charge < -0.3 is 4.74 Å². The second-order valence-corrected chi connectivity index (χ2v) is 6.35. The smallest absolute Gasteiger partial charge is 0.215 e. The van der Waals surface area contributed by atoms with Crippen LogP contribution in [0.1, 0.15) is 45.1 Å². The Labute approximate surface area is 131 Å². The van der Waals surface area contributed by atoms with Crippen molar-refractivity contribution in [3.63, 3.8) is 0 Å². The minimum atomic E-state index is -0.232. The lowest BCUT2D eigenvalue weighted by atomic mass is 9.98. The Morgan fingerprint density at radius 3 is 2.82 bits per heavy atom. The Balaban J connectivity index is 2.07. The van der Waals surface area contributed by atoms with Crippen molar-refractivity contribution in [2.75, 3.05) is 6.61 Å². The maximum Gasteiger partial charge on any atom is 0.215 e. The highest BCUT2D eigenvalue weighted by molar-refractivity contribution is 5.67. The molecule has 0 N–H and O–H groups in total. The van der Waals surface area contributed by atoms with Crippen molar-refractivity contribution >= 4 is 0 Å². The van der Waals surface area contributed by atoms with E-state index in [2.05, 4.69) is 25.9 Å². The van der Waals surface area contributed by atoms with E-state index in [1.54, 1.807) is 12.1 Å². The average molecular weight is 302 g/mol. The molecule has 1 aromatic carbocycles. The van der Waals surface area contributed by atoms with Crippen LogP contribution in [0.4, 0.5) is 4.39 Å². The number of ether oxygens (including phenoxy) is 1. The molecule has 3 nitrogen and oxygen atoms in total. The number of hydrogen-bond donors (Lipinski definition) is 0. The first-order valence-corrected chi connectivity index (χ1v) is 8.10. The Kier molecular flexibility index (Phi) is 4.19. The Bertz CT molecular complexity index is 663. The lowest BCUT2D eigenvalue weighted by molar-refractivity contribution is 0.155. The molecule has 3 rings (SSSR count). The van der Waals surface area contributed by atoms with Gasteiger partial charge >= 0.3 is 0 Å². The standard InChI is InChI=1S/C18H23FN2O/c1-4-7-13-10-21-18(22-11-13)16(12(2)3)17(20-21)14-8-5-6-9-15(14)19/h5-6,8-9,12-13H,4,7,10-11H2,1-3H3. The summed E-state index contributed by atoms with van der Waals surface area (Å²) >= 11 is 0. The number of nitrogens with zero attached hydrogens (tertiary/aromatic N) is 2. The summed E-state index contributed by atoms with van der Waals surface area (Å²) < 4.78 is 22.1. The van der Waals surface area contributed by atoms with Gasteiger partial charge in [0.15, 0.2) is 0 Å². The van der Waals surface area contributed by atoms with Crippen LogP contribution in [-0.2, 0) is 6.54 Å². The van der Waals surface area contributed by atoms with E-state index in [9.17, 15) is 4.39 Å². The number of hydrogen-bond acceptors (Lipinski definition) is 2. The van der Waals surface area contributed by atoms with Crippen molar-refractivity contribution < 1.29 is 9.13 Å². The predicted molar refractivity (Wildman–Crippen MR) is 85.6 cm³/mol. The quantitative estimate of drug-likeness (QED) is 0.824. The summed E-state index contributed by atoms with van der Waals surface area (Å²) in [6.07, 6.45) is 2.27. The van der Waals surface area contributed by atoms with Gasteiger partial charge in [-0.05, 0) is 24.5 Å². The molecule has 0 radical (unpaired) electrons. The van der Waals surface area contributed by atoms with Crippen LogP contribution in [0.25, 0.3) is 11.3 Å². The number of benzene rings is 1. The molecule has 1 aliphatic rings. The van der Waals surface area contributed by atoms with Gasteiger partial charge in [-0.25, -0.2) is 9.07 Å². The molecule has 2 aromatic rings. The van der Waals surface area contributed by atoms with Gasteiger partial charge in [0.05, 0.1) is 13.2 Å². The summed E-state index contributed by atoms with van der Waals surface area (Å²) in [6, 6.07) is 6.83. The third kappa shape index (κ3) is 2.62. The normalized spacial score (nSPS) is 17.4. The van der Waals surface area contributed by atoms with E-state index in [4.69, 9.17) is 4.74 Å². The van der Waals surface area contributed by atoms with Crippen LogP contribution >= 0.6 is 0 Å². The van der Waals surface area contributed by atoms with Crippen LogP contribution in [0, 0.1) is 11.7 Å². The van der Waals surface area contributed by atoms with Gasteiger partial charge in [0, 0.05) is 17.0 Å². The number of halogens is 1. The van der Waals surface area contributed by atoms with Gasteiger partial charge in [-0.2, -0.15) is 5.10 Å². The van der Waals surface area contributed by atoms with E-state index in [1.807, 2.05) is 10.7 Å².